The maximum absolute atomic E-state index is 12.6. The van der Waals surface area contributed by atoms with Crippen LogP contribution in [0.3, 0.4) is 0 Å². The van der Waals surface area contributed by atoms with Crippen LogP contribution in [0.15, 0.2) is 82.4 Å². The van der Waals surface area contributed by atoms with Crippen LogP contribution in [-0.2, 0) is 11.4 Å². The van der Waals surface area contributed by atoms with E-state index in [0.717, 1.165) is 27.2 Å². The maximum atomic E-state index is 12.6. The average Bonchev–Trinajstić information content (AvgIpc) is 3.27. The molecule has 1 amide bonds. The summed E-state index contributed by atoms with van der Waals surface area (Å²) in [5.74, 6) is 2.14. The molecule has 34 heavy (non-hydrogen) atoms. The van der Waals surface area contributed by atoms with E-state index >= 15 is 0 Å². The highest BCUT2D eigenvalue weighted by Gasteiger charge is 2.17. The Balaban J connectivity index is 1.48. The monoisotopic (exact) mass is 538 g/mol. The van der Waals surface area contributed by atoms with Gasteiger partial charge in [-0.2, -0.15) is 0 Å². The first kappa shape index (κ1) is 23.8. The van der Waals surface area contributed by atoms with Gasteiger partial charge in [0.25, 0.3) is 0 Å². The van der Waals surface area contributed by atoms with Crippen molar-refractivity contribution in [3.05, 3.63) is 88.7 Å². The average molecular weight is 539 g/mol. The lowest BCUT2D eigenvalue weighted by atomic mass is 10.2. The van der Waals surface area contributed by atoms with Gasteiger partial charge in [0.1, 0.15) is 18.1 Å². The number of nitrogens with one attached hydrogen (secondary N) is 1. The van der Waals surface area contributed by atoms with Crippen LogP contribution in [0.5, 0.6) is 11.5 Å². The van der Waals surface area contributed by atoms with Crippen LogP contribution in [-0.4, -0.2) is 33.5 Å². The third kappa shape index (κ3) is 5.98. The van der Waals surface area contributed by atoms with Crippen molar-refractivity contribution in [2.45, 2.75) is 18.7 Å². The third-order valence-corrected chi connectivity index (χ3v) is 6.46. The number of nitrogens with zero attached hydrogens (tertiary/aromatic N) is 3. The molecule has 0 fully saturated rings. The number of thioether (sulfide) groups is 1. The predicted octanol–water partition coefficient (Wildman–Crippen LogP) is 5.66. The first-order chi connectivity index (χ1) is 16.5. The van der Waals surface area contributed by atoms with Gasteiger partial charge in [-0.1, -0.05) is 36.0 Å². The molecule has 0 saturated heterocycles. The number of ether oxygens (including phenoxy) is 2. The minimum Gasteiger partial charge on any atom is -0.497 e. The highest BCUT2D eigenvalue weighted by atomic mass is 79.9. The zero-order chi connectivity index (χ0) is 23.9. The van der Waals surface area contributed by atoms with E-state index in [0.29, 0.717) is 16.7 Å². The summed E-state index contributed by atoms with van der Waals surface area (Å²) >= 11 is 4.81. The molecule has 0 radical (unpaired) electrons. The number of aromatic nitrogens is 3. The standard InChI is InChI=1S/C25H23BrN4O3S/c1-17-8-13-22(21(26)14-17)27-24(31)16-34-25-29-28-23(30(25)18-6-4-3-5-7-18)15-33-20-11-9-19(32-2)10-12-20/h3-14H,15-16H2,1-2H3,(H,27,31). The van der Waals surface area contributed by atoms with E-state index in [1.807, 2.05) is 84.3 Å². The van der Waals surface area contributed by atoms with Crippen LogP contribution >= 0.6 is 27.7 Å². The van der Waals surface area contributed by atoms with Gasteiger partial charge < -0.3 is 14.8 Å². The Bertz CT molecular complexity index is 1260. The smallest absolute Gasteiger partial charge is 0.234 e. The van der Waals surface area contributed by atoms with Crippen molar-refractivity contribution in [1.29, 1.82) is 0 Å². The largest absolute Gasteiger partial charge is 0.497 e. The molecule has 0 saturated carbocycles. The molecule has 1 aromatic heterocycles. The van der Waals surface area contributed by atoms with E-state index in [2.05, 4.69) is 31.4 Å². The van der Waals surface area contributed by atoms with E-state index in [-0.39, 0.29) is 18.3 Å². The fourth-order valence-electron chi connectivity index (χ4n) is 3.18. The summed E-state index contributed by atoms with van der Waals surface area (Å²) in [6, 6.07) is 22.9. The highest BCUT2D eigenvalue weighted by molar-refractivity contribution is 9.10. The minimum atomic E-state index is -0.131. The molecule has 0 unspecified atom stereocenters. The summed E-state index contributed by atoms with van der Waals surface area (Å²) in [5, 5.41) is 12.2. The van der Waals surface area contributed by atoms with Gasteiger partial charge in [0.15, 0.2) is 11.0 Å². The molecule has 0 atom stereocenters. The van der Waals surface area contributed by atoms with E-state index in [9.17, 15) is 4.79 Å². The molecule has 4 aromatic rings. The topological polar surface area (TPSA) is 78.3 Å². The van der Waals surface area contributed by atoms with E-state index < -0.39 is 0 Å². The van der Waals surface area contributed by atoms with Crippen molar-refractivity contribution < 1.29 is 14.3 Å². The number of carbonyl (C=O) groups excluding carboxylic acids is 1. The van der Waals surface area contributed by atoms with Gasteiger partial charge >= 0.3 is 0 Å². The highest BCUT2D eigenvalue weighted by Crippen LogP contribution is 2.26. The van der Waals surface area contributed by atoms with Gasteiger partial charge in [-0.05, 0) is 76.9 Å². The van der Waals surface area contributed by atoms with Crippen LogP contribution in [0, 0.1) is 6.92 Å². The van der Waals surface area contributed by atoms with Gasteiger partial charge in [0.05, 0.1) is 18.6 Å². The number of hydrogen-bond acceptors (Lipinski definition) is 6. The van der Waals surface area contributed by atoms with Crippen LogP contribution in [0.4, 0.5) is 5.69 Å². The second-order valence-corrected chi connectivity index (χ2v) is 9.15. The number of amides is 1. The summed E-state index contributed by atoms with van der Waals surface area (Å²) in [6.07, 6.45) is 0. The number of rotatable bonds is 9. The third-order valence-electron chi connectivity index (χ3n) is 4.87. The molecule has 0 aliphatic carbocycles. The van der Waals surface area contributed by atoms with Crippen molar-refractivity contribution in [3.8, 4) is 17.2 Å². The van der Waals surface area contributed by atoms with Crippen molar-refractivity contribution in [2.24, 2.45) is 0 Å². The van der Waals surface area contributed by atoms with Crippen molar-refractivity contribution in [3.63, 3.8) is 0 Å². The second-order valence-electron chi connectivity index (χ2n) is 7.35. The number of methoxy groups -OCH3 is 1. The Kier molecular flexibility index (Phi) is 7.87. The Morgan fingerprint density at radius 2 is 1.76 bits per heavy atom. The van der Waals surface area contributed by atoms with Crippen LogP contribution in [0.2, 0.25) is 0 Å². The number of hydrogen-bond donors (Lipinski definition) is 1. The van der Waals surface area contributed by atoms with Gasteiger partial charge in [0, 0.05) is 10.2 Å². The van der Waals surface area contributed by atoms with Crippen LogP contribution in [0.25, 0.3) is 5.69 Å². The zero-order valence-corrected chi connectivity index (χ0v) is 21.1. The van der Waals surface area contributed by atoms with Crippen molar-refractivity contribution in [1.82, 2.24) is 14.8 Å². The Morgan fingerprint density at radius 3 is 2.47 bits per heavy atom. The number of halogens is 1. The first-order valence-electron chi connectivity index (χ1n) is 10.5. The van der Waals surface area contributed by atoms with E-state index in [1.54, 1.807) is 7.11 Å². The lowest BCUT2D eigenvalue weighted by Gasteiger charge is -2.12. The predicted molar refractivity (Wildman–Crippen MR) is 137 cm³/mol. The number of anilines is 1. The van der Waals surface area contributed by atoms with E-state index in [1.165, 1.54) is 11.8 Å². The molecule has 0 aliphatic rings. The van der Waals surface area contributed by atoms with Gasteiger partial charge in [-0.3, -0.25) is 9.36 Å². The SMILES string of the molecule is COc1ccc(OCc2nnc(SCC(=O)Nc3ccc(C)cc3Br)n2-c2ccccc2)cc1. The van der Waals surface area contributed by atoms with Crippen LogP contribution in [0.1, 0.15) is 11.4 Å². The quantitative estimate of drug-likeness (QED) is 0.277. The molecule has 0 bridgehead atoms. The summed E-state index contributed by atoms with van der Waals surface area (Å²) in [7, 11) is 1.62. The molecule has 4 rings (SSSR count). The lowest BCUT2D eigenvalue weighted by Crippen LogP contribution is -2.15. The van der Waals surface area contributed by atoms with Crippen LogP contribution < -0.4 is 14.8 Å². The second kappa shape index (κ2) is 11.2. The number of carbonyl (C=O) groups is 1. The molecule has 174 valence electrons. The Hall–Kier alpha value is -3.30. The lowest BCUT2D eigenvalue weighted by molar-refractivity contribution is -0.113. The summed E-state index contributed by atoms with van der Waals surface area (Å²) in [6.45, 7) is 2.22. The zero-order valence-electron chi connectivity index (χ0n) is 18.7. The number of para-hydroxylation sites is 1. The van der Waals surface area contributed by atoms with Crippen molar-refractivity contribution >= 4 is 39.3 Å². The molecule has 0 aliphatic heterocycles. The summed E-state index contributed by atoms with van der Waals surface area (Å²) in [5.41, 5.74) is 2.74. The Labute approximate surface area is 210 Å². The molecule has 1 N–H and O–H groups in total. The summed E-state index contributed by atoms with van der Waals surface area (Å²) < 4.78 is 13.9. The Morgan fingerprint density at radius 1 is 1.03 bits per heavy atom. The summed E-state index contributed by atoms with van der Waals surface area (Å²) in [4.78, 5) is 12.6. The minimum absolute atomic E-state index is 0.131. The molecule has 1 heterocycles. The number of aryl methyl sites for hydroxylation is 1. The normalized spacial score (nSPS) is 10.7. The molecule has 3 aromatic carbocycles. The van der Waals surface area contributed by atoms with Gasteiger partial charge in [0.2, 0.25) is 5.91 Å². The van der Waals surface area contributed by atoms with Gasteiger partial charge in [-0.25, -0.2) is 0 Å². The molecular weight excluding hydrogens is 516 g/mol. The fourth-order valence-corrected chi connectivity index (χ4v) is 4.54. The van der Waals surface area contributed by atoms with Gasteiger partial charge in [-0.15, -0.1) is 10.2 Å². The molecule has 9 heteroatoms. The molecule has 0 spiro atoms. The number of benzene rings is 3. The molecule has 7 nitrogen and oxygen atoms in total. The van der Waals surface area contributed by atoms with Crippen molar-refractivity contribution in [2.75, 3.05) is 18.2 Å². The fraction of sp³-hybridized carbons (Fsp3) is 0.160. The maximum Gasteiger partial charge on any atom is 0.234 e. The first-order valence-corrected chi connectivity index (χ1v) is 12.3. The molecular formula is C25H23BrN4O3S. The van der Waals surface area contributed by atoms with E-state index in [4.69, 9.17) is 9.47 Å².